The molecular formula is C22H21BrFN3O4S. The third-order valence-electron chi connectivity index (χ3n) is 4.67. The summed E-state index contributed by atoms with van der Waals surface area (Å²) < 4.78 is 19.9. The van der Waals surface area contributed by atoms with E-state index in [9.17, 15) is 18.8 Å². The first-order chi connectivity index (χ1) is 15.3. The zero-order chi connectivity index (χ0) is 23.3. The lowest BCUT2D eigenvalue weighted by Gasteiger charge is -2.22. The quantitative estimate of drug-likeness (QED) is 0.518. The molecule has 168 valence electrons. The van der Waals surface area contributed by atoms with Crippen LogP contribution in [0.2, 0.25) is 0 Å². The first-order valence-corrected chi connectivity index (χ1v) is 11.5. The zero-order valence-corrected chi connectivity index (χ0v) is 19.6. The molecule has 1 unspecified atom stereocenters. The Balaban J connectivity index is 1.82. The Kier molecular flexibility index (Phi) is 8.03. The Morgan fingerprint density at radius 2 is 2.06 bits per heavy atom. The highest BCUT2D eigenvalue weighted by Gasteiger charge is 2.29. The summed E-state index contributed by atoms with van der Waals surface area (Å²) in [5.74, 6) is -1.79. The first-order valence-electron chi connectivity index (χ1n) is 9.80. The smallest absolute Gasteiger partial charge is 0.325 e. The van der Waals surface area contributed by atoms with Crippen molar-refractivity contribution >= 4 is 50.6 Å². The van der Waals surface area contributed by atoms with E-state index in [4.69, 9.17) is 10.1 Å². The van der Waals surface area contributed by atoms with Gasteiger partial charge in [0.1, 0.15) is 12.4 Å². The molecule has 0 aliphatic carbocycles. The second-order valence-corrected chi connectivity index (χ2v) is 9.16. The van der Waals surface area contributed by atoms with E-state index in [1.54, 1.807) is 43.3 Å². The second kappa shape index (κ2) is 10.7. The maximum atomic E-state index is 14.4. The number of ether oxygens (including phenoxy) is 1. The summed E-state index contributed by atoms with van der Waals surface area (Å²) in [4.78, 5) is 38.5. The Bertz CT molecular complexity index is 1070. The van der Waals surface area contributed by atoms with Gasteiger partial charge in [-0.2, -0.15) is 0 Å². The van der Waals surface area contributed by atoms with E-state index >= 15 is 0 Å². The summed E-state index contributed by atoms with van der Waals surface area (Å²) in [6.45, 7) is 1.39. The maximum absolute atomic E-state index is 14.4. The minimum atomic E-state index is -0.591. The van der Waals surface area contributed by atoms with E-state index in [-0.39, 0.29) is 36.3 Å². The highest BCUT2D eigenvalue weighted by Crippen LogP contribution is 2.23. The van der Waals surface area contributed by atoms with E-state index < -0.39 is 22.9 Å². The van der Waals surface area contributed by atoms with Crippen LogP contribution >= 0.6 is 27.7 Å². The molecule has 2 N–H and O–H groups in total. The van der Waals surface area contributed by atoms with E-state index in [1.807, 2.05) is 0 Å². The number of amides is 2. The number of benzene rings is 2. The van der Waals surface area contributed by atoms with Gasteiger partial charge >= 0.3 is 5.97 Å². The van der Waals surface area contributed by atoms with E-state index in [1.165, 1.54) is 11.0 Å². The molecule has 1 heterocycles. The third kappa shape index (κ3) is 6.17. The van der Waals surface area contributed by atoms with E-state index in [0.717, 1.165) is 17.3 Å². The number of thioether (sulfide) groups is 1. The van der Waals surface area contributed by atoms with Crippen LogP contribution in [0.1, 0.15) is 28.4 Å². The first kappa shape index (κ1) is 23.9. The van der Waals surface area contributed by atoms with Gasteiger partial charge in [-0.1, -0.05) is 45.9 Å². The monoisotopic (exact) mass is 521 g/mol. The Labute approximate surface area is 197 Å². The molecule has 3 rings (SSSR count). The van der Waals surface area contributed by atoms with Gasteiger partial charge in [-0.15, -0.1) is 0 Å². The molecule has 1 aliphatic rings. The van der Waals surface area contributed by atoms with Gasteiger partial charge in [-0.25, -0.2) is 4.39 Å². The fourth-order valence-electron chi connectivity index (χ4n) is 3.20. The van der Waals surface area contributed by atoms with Crippen LogP contribution in [0.25, 0.3) is 0 Å². The average Bonchev–Trinajstić information content (AvgIpc) is 3.05. The number of carbonyl (C=O) groups is 3. The molecule has 2 amide bonds. The molecule has 32 heavy (non-hydrogen) atoms. The number of hydrogen-bond donors (Lipinski definition) is 2. The van der Waals surface area contributed by atoms with Gasteiger partial charge in [0.2, 0.25) is 5.91 Å². The minimum Gasteiger partial charge on any atom is -0.465 e. The maximum Gasteiger partial charge on any atom is 0.325 e. The molecule has 1 fully saturated rings. The van der Waals surface area contributed by atoms with Crippen LogP contribution in [-0.4, -0.2) is 46.3 Å². The van der Waals surface area contributed by atoms with Gasteiger partial charge in [-0.05, 0) is 43.2 Å². The number of halogens is 2. The highest BCUT2D eigenvalue weighted by atomic mass is 79.9. The molecule has 2 aromatic rings. The van der Waals surface area contributed by atoms with Crippen molar-refractivity contribution in [1.29, 1.82) is 5.41 Å². The van der Waals surface area contributed by atoms with Crippen LogP contribution in [0.15, 0.2) is 46.9 Å². The standard InChI is InChI=1S/C22H21BrFN3O4S/c1-2-31-19(28)12-27(11-15-6-7-16(23)10-17(15)24)21(30)14-5-3-4-13(8-14)9-18-20(29)26-22(25)32-18/h3-8,10,18H,2,9,11-12H2,1H3,(H2,25,26,29). The number of nitrogens with zero attached hydrogens (tertiary/aromatic N) is 1. The molecule has 0 aromatic heterocycles. The lowest BCUT2D eigenvalue weighted by Crippen LogP contribution is -2.36. The average molecular weight is 522 g/mol. The van der Waals surface area contributed by atoms with Gasteiger partial charge in [-0.3, -0.25) is 19.8 Å². The molecule has 7 nitrogen and oxygen atoms in total. The second-order valence-electron chi connectivity index (χ2n) is 7.03. The van der Waals surface area contributed by atoms with Crippen LogP contribution in [0.3, 0.4) is 0 Å². The Hall–Kier alpha value is -2.72. The van der Waals surface area contributed by atoms with Crippen LogP contribution in [0.5, 0.6) is 0 Å². The normalized spacial score (nSPS) is 15.4. The third-order valence-corrected chi connectivity index (χ3v) is 6.17. The fraction of sp³-hybridized carbons (Fsp3) is 0.273. The summed E-state index contributed by atoms with van der Waals surface area (Å²) in [5.41, 5.74) is 1.31. The van der Waals surface area contributed by atoms with Crippen molar-refractivity contribution in [2.45, 2.75) is 25.1 Å². The number of rotatable bonds is 8. The molecular weight excluding hydrogens is 501 g/mol. The zero-order valence-electron chi connectivity index (χ0n) is 17.2. The number of amidine groups is 1. The van der Waals surface area contributed by atoms with Crippen molar-refractivity contribution in [3.8, 4) is 0 Å². The number of nitrogens with one attached hydrogen (secondary N) is 2. The van der Waals surface area contributed by atoms with Crippen molar-refractivity contribution in [3.63, 3.8) is 0 Å². The largest absolute Gasteiger partial charge is 0.465 e. The summed E-state index contributed by atoms with van der Waals surface area (Å²) in [6, 6.07) is 11.2. The topological polar surface area (TPSA) is 99.6 Å². The molecule has 2 aromatic carbocycles. The van der Waals surface area contributed by atoms with E-state index in [2.05, 4.69) is 21.2 Å². The van der Waals surface area contributed by atoms with E-state index in [0.29, 0.717) is 16.5 Å². The summed E-state index contributed by atoms with van der Waals surface area (Å²) in [5, 5.41) is 9.68. The molecule has 1 atom stereocenters. The predicted octanol–water partition coefficient (Wildman–Crippen LogP) is 3.50. The SMILES string of the molecule is CCOC(=O)CN(Cc1ccc(Br)cc1F)C(=O)c1cccc(CC2SC(=N)NC2=O)c1. The molecule has 0 radical (unpaired) electrons. The van der Waals surface area contributed by atoms with Gasteiger partial charge < -0.3 is 15.0 Å². The predicted molar refractivity (Wildman–Crippen MR) is 123 cm³/mol. The molecule has 0 bridgehead atoms. The number of hydrogen-bond acceptors (Lipinski definition) is 6. The van der Waals surface area contributed by atoms with Crippen molar-refractivity contribution in [3.05, 3.63) is 69.4 Å². The Morgan fingerprint density at radius 1 is 1.28 bits per heavy atom. The molecule has 10 heteroatoms. The minimum absolute atomic E-state index is 0.101. The van der Waals surface area contributed by atoms with Crippen LogP contribution in [0.4, 0.5) is 4.39 Å². The lowest BCUT2D eigenvalue weighted by molar-refractivity contribution is -0.144. The summed E-state index contributed by atoms with van der Waals surface area (Å²) in [7, 11) is 0. The van der Waals surface area contributed by atoms with Gasteiger partial charge in [0.05, 0.1) is 11.9 Å². The molecule has 1 aliphatic heterocycles. The van der Waals surface area contributed by atoms with Crippen molar-refractivity contribution in [1.82, 2.24) is 10.2 Å². The van der Waals surface area contributed by atoms with Crippen molar-refractivity contribution in [2.75, 3.05) is 13.2 Å². The van der Waals surface area contributed by atoms with Crippen molar-refractivity contribution < 1.29 is 23.5 Å². The number of carbonyl (C=O) groups excluding carboxylic acids is 3. The van der Waals surface area contributed by atoms with Gasteiger partial charge in [0, 0.05) is 22.1 Å². The van der Waals surface area contributed by atoms with Crippen molar-refractivity contribution in [2.24, 2.45) is 0 Å². The molecule has 0 saturated carbocycles. The lowest BCUT2D eigenvalue weighted by atomic mass is 10.0. The summed E-state index contributed by atoms with van der Waals surface area (Å²) in [6.07, 6.45) is 0.346. The van der Waals surface area contributed by atoms with Crippen LogP contribution < -0.4 is 5.32 Å². The van der Waals surface area contributed by atoms with Gasteiger partial charge in [0.25, 0.3) is 5.91 Å². The number of esters is 1. The molecule has 0 spiro atoms. The summed E-state index contributed by atoms with van der Waals surface area (Å²) >= 11 is 4.33. The van der Waals surface area contributed by atoms with Crippen LogP contribution in [-0.2, 0) is 27.3 Å². The van der Waals surface area contributed by atoms with Crippen LogP contribution in [0, 0.1) is 11.2 Å². The molecule has 1 saturated heterocycles. The fourth-order valence-corrected chi connectivity index (χ4v) is 4.42. The Morgan fingerprint density at radius 3 is 2.72 bits per heavy atom. The highest BCUT2D eigenvalue weighted by molar-refractivity contribution is 9.10. The van der Waals surface area contributed by atoms with Gasteiger partial charge in [0.15, 0.2) is 5.17 Å².